The van der Waals surface area contributed by atoms with Crippen LogP contribution in [0.15, 0.2) is 0 Å². The minimum absolute atomic E-state index is 0.127. The molecule has 3 N–H and O–H groups in total. The largest absolute Gasteiger partial charge is 0.377 e. The normalized spacial score (nSPS) is 32.4. The molecule has 19 heavy (non-hydrogen) atoms. The molecule has 2 fully saturated rings. The van der Waals surface area contributed by atoms with Gasteiger partial charge in [0.1, 0.15) is 6.23 Å². The van der Waals surface area contributed by atoms with Crippen LogP contribution in [0.2, 0.25) is 0 Å². The molecule has 0 aromatic carbocycles. The molecule has 4 atom stereocenters. The fourth-order valence-corrected chi connectivity index (χ4v) is 3.08. The van der Waals surface area contributed by atoms with E-state index in [1.54, 1.807) is 0 Å². The number of rotatable bonds is 6. The number of hydrogen-bond donors (Lipinski definition) is 3. The first-order chi connectivity index (χ1) is 9.19. The molecular weight excluding hydrogens is 240 g/mol. The maximum atomic E-state index is 10.1. The summed E-state index contributed by atoms with van der Waals surface area (Å²) in [7, 11) is 0. The van der Waals surface area contributed by atoms with Gasteiger partial charge in [0.05, 0.1) is 12.2 Å². The van der Waals surface area contributed by atoms with Crippen LogP contribution < -0.4 is 10.6 Å². The highest BCUT2D eigenvalue weighted by Crippen LogP contribution is 2.24. The molecule has 1 heterocycles. The zero-order valence-corrected chi connectivity index (χ0v) is 12.4. The molecule has 0 aromatic heterocycles. The van der Waals surface area contributed by atoms with Crippen molar-refractivity contribution in [3.05, 3.63) is 0 Å². The van der Waals surface area contributed by atoms with Crippen molar-refractivity contribution in [1.29, 1.82) is 0 Å². The van der Waals surface area contributed by atoms with Gasteiger partial charge >= 0.3 is 0 Å². The predicted octanol–water partition coefficient (Wildman–Crippen LogP) is 1.77. The Kier molecular flexibility index (Phi) is 6.07. The molecule has 1 aliphatic carbocycles. The summed E-state index contributed by atoms with van der Waals surface area (Å²) < 4.78 is 6.16. The summed E-state index contributed by atoms with van der Waals surface area (Å²) in [5.74, 6) is 0. The second kappa shape index (κ2) is 7.58. The van der Waals surface area contributed by atoms with Crippen LogP contribution in [0.5, 0.6) is 0 Å². The first-order valence-corrected chi connectivity index (χ1v) is 8.02. The van der Waals surface area contributed by atoms with E-state index in [0.29, 0.717) is 12.1 Å². The highest BCUT2D eigenvalue weighted by molar-refractivity contribution is 4.88. The third-order valence-electron chi connectivity index (χ3n) is 4.51. The van der Waals surface area contributed by atoms with Crippen molar-refractivity contribution in [2.75, 3.05) is 6.54 Å². The van der Waals surface area contributed by atoms with Gasteiger partial charge in [-0.1, -0.05) is 26.2 Å². The van der Waals surface area contributed by atoms with Crippen LogP contribution in [0, 0.1) is 0 Å². The van der Waals surface area contributed by atoms with E-state index in [9.17, 15) is 5.11 Å². The lowest BCUT2D eigenvalue weighted by Crippen LogP contribution is -2.48. The van der Waals surface area contributed by atoms with Crippen molar-refractivity contribution in [3.63, 3.8) is 0 Å². The van der Waals surface area contributed by atoms with Gasteiger partial charge in [-0.25, -0.2) is 0 Å². The molecule has 0 aromatic rings. The minimum atomic E-state index is -0.463. The van der Waals surface area contributed by atoms with E-state index < -0.39 is 6.23 Å². The van der Waals surface area contributed by atoms with Gasteiger partial charge in [-0.2, -0.15) is 0 Å². The number of hydrogen-bond acceptors (Lipinski definition) is 4. The van der Waals surface area contributed by atoms with E-state index >= 15 is 0 Å². The smallest absolute Gasteiger partial charge is 0.120 e. The predicted molar refractivity (Wildman–Crippen MR) is 77.0 cm³/mol. The van der Waals surface area contributed by atoms with Crippen LogP contribution in [0.4, 0.5) is 0 Å². The fraction of sp³-hybridized carbons (Fsp3) is 1.00. The van der Waals surface area contributed by atoms with Crippen molar-refractivity contribution in [2.24, 2.45) is 0 Å². The number of ether oxygens (including phenoxy) is 1. The summed E-state index contributed by atoms with van der Waals surface area (Å²) in [4.78, 5) is 0. The molecule has 2 aliphatic rings. The molecule has 1 aliphatic heterocycles. The zero-order chi connectivity index (χ0) is 13.7. The number of aliphatic hydroxyl groups excluding tert-OH is 1. The first-order valence-electron chi connectivity index (χ1n) is 8.02. The maximum absolute atomic E-state index is 10.1. The lowest BCUT2D eigenvalue weighted by Gasteiger charge is -2.26. The summed E-state index contributed by atoms with van der Waals surface area (Å²) in [5.41, 5.74) is 0. The van der Waals surface area contributed by atoms with Crippen molar-refractivity contribution in [2.45, 2.75) is 89.3 Å². The second-order valence-electron chi connectivity index (χ2n) is 6.19. The van der Waals surface area contributed by atoms with Crippen molar-refractivity contribution < 1.29 is 9.84 Å². The summed E-state index contributed by atoms with van der Waals surface area (Å²) in [5, 5.41) is 16.8. The Morgan fingerprint density at radius 2 is 2.00 bits per heavy atom. The topological polar surface area (TPSA) is 53.5 Å². The summed E-state index contributed by atoms with van der Waals surface area (Å²) in [6.45, 7) is 5.11. The van der Waals surface area contributed by atoms with E-state index in [4.69, 9.17) is 4.74 Å². The van der Waals surface area contributed by atoms with Gasteiger partial charge < -0.3 is 15.2 Å². The van der Waals surface area contributed by atoms with Crippen LogP contribution in [0.1, 0.15) is 58.8 Å². The zero-order valence-electron chi connectivity index (χ0n) is 12.4. The monoisotopic (exact) mass is 270 g/mol. The van der Waals surface area contributed by atoms with Gasteiger partial charge in [0, 0.05) is 18.6 Å². The minimum Gasteiger partial charge on any atom is -0.377 e. The van der Waals surface area contributed by atoms with E-state index in [2.05, 4.69) is 24.5 Å². The van der Waals surface area contributed by atoms with Crippen LogP contribution >= 0.6 is 0 Å². The summed E-state index contributed by atoms with van der Waals surface area (Å²) in [6.07, 6.45) is 8.65. The number of nitrogens with one attached hydrogen (secondary N) is 2. The summed E-state index contributed by atoms with van der Waals surface area (Å²) >= 11 is 0. The average molecular weight is 270 g/mol. The number of aliphatic hydroxyl groups is 1. The van der Waals surface area contributed by atoms with Gasteiger partial charge in [0.25, 0.3) is 0 Å². The van der Waals surface area contributed by atoms with Crippen molar-refractivity contribution >= 4 is 0 Å². The Morgan fingerprint density at radius 1 is 1.26 bits per heavy atom. The molecule has 0 spiro atoms. The molecule has 1 saturated heterocycles. The quantitative estimate of drug-likeness (QED) is 0.644. The molecule has 2 rings (SSSR count). The molecule has 0 radical (unpaired) electrons. The first kappa shape index (κ1) is 15.2. The fourth-order valence-electron chi connectivity index (χ4n) is 3.08. The lowest BCUT2D eigenvalue weighted by atomic mass is 9.97. The Balaban J connectivity index is 1.69. The van der Waals surface area contributed by atoms with Gasteiger partial charge in [-0.05, 0) is 32.6 Å². The van der Waals surface area contributed by atoms with E-state index in [0.717, 1.165) is 19.4 Å². The molecular formula is C15H30N2O2. The van der Waals surface area contributed by atoms with Crippen LogP contribution in [-0.4, -0.2) is 42.2 Å². The summed E-state index contributed by atoms with van der Waals surface area (Å²) in [6, 6.07) is 0.484. The molecule has 0 amide bonds. The molecule has 1 saturated carbocycles. The van der Waals surface area contributed by atoms with Gasteiger partial charge in [0.2, 0.25) is 0 Å². The molecule has 4 heteroatoms. The standard InChI is InChI=1S/C15H30N2O2/c1-3-11(2)17-15(18)14-9-13(10-16-14)19-12-7-5-4-6-8-12/h11-18H,3-10H2,1-2H3/t11-,13+,14+,15?/m1/s1. The van der Waals surface area contributed by atoms with Crippen LogP contribution in [-0.2, 0) is 4.74 Å². The van der Waals surface area contributed by atoms with Crippen molar-refractivity contribution in [1.82, 2.24) is 10.6 Å². The highest BCUT2D eigenvalue weighted by atomic mass is 16.5. The molecule has 4 nitrogen and oxygen atoms in total. The van der Waals surface area contributed by atoms with Gasteiger partial charge in [0.15, 0.2) is 0 Å². The third kappa shape index (κ3) is 4.71. The van der Waals surface area contributed by atoms with Gasteiger partial charge in [-0.3, -0.25) is 5.32 Å². The Morgan fingerprint density at radius 3 is 2.68 bits per heavy atom. The highest BCUT2D eigenvalue weighted by Gasteiger charge is 2.32. The van der Waals surface area contributed by atoms with Gasteiger partial charge in [-0.15, -0.1) is 0 Å². The SMILES string of the molecule is CC[C@@H](C)NC(O)[C@@H]1C[C@H](OC2CCCCC2)CN1. The molecule has 112 valence electrons. The van der Waals surface area contributed by atoms with E-state index in [1.807, 2.05) is 0 Å². The molecule has 0 bridgehead atoms. The Hall–Kier alpha value is -0.160. The second-order valence-corrected chi connectivity index (χ2v) is 6.19. The van der Waals surface area contributed by atoms with E-state index in [-0.39, 0.29) is 12.1 Å². The maximum Gasteiger partial charge on any atom is 0.120 e. The molecule has 1 unspecified atom stereocenters. The average Bonchev–Trinajstić information content (AvgIpc) is 2.88. The van der Waals surface area contributed by atoms with E-state index in [1.165, 1.54) is 32.1 Å². The third-order valence-corrected chi connectivity index (χ3v) is 4.51. The Labute approximate surface area is 117 Å². The van der Waals surface area contributed by atoms with Crippen LogP contribution in [0.3, 0.4) is 0 Å². The van der Waals surface area contributed by atoms with Crippen LogP contribution in [0.25, 0.3) is 0 Å². The Bertz CT molecular complexity index is 257. The lowest BCUT2D eigenvalue weighted by molar-refractivity contribution is -0.0238. The van der Waals surface area contributed by atoms with Crippen molar-refractivity contribution in [3.8, 4) is 0 Å².